The first-order valence-corrected chi connectivity index (χ1v) is 8.63. The van der Waals surface area contributed by atoms with E-state index in [1.807, 2.05) is 23.5 Å². The van der Waals surface area contributed by atoms with Gasteiger partial charge in [-0.1, -0.05) is 12.1 Å². The minimum absolute atomic E-state index is 0.177. The van der Waals surface area contributed by atoms with E-state index >= 15 is 0 Å². The summed E-state index contributed by atoms with van der Waals surface area (Å²) in [7, 11) is 0. The van der Waals surface area contributed by atoms with E-state index in [4.69, 9.17) is 10.3 Å². The van der Waals surface area contributed by atoms with Crippen molar-refractivity contribution in [3.63, 3.8) is 0 Å². The molecule has 2 rings (SSSR count). The predicted octanol–water partition coefficient (Wildman–Crippen LogP) is 1.62. The van der Waals surface area contributed by atoms with Gasteiger partial charge in [0.05, 0.1) is 17.3 Å². The van der Waals surface area contributed by atoms with Crippen molar-refractivity contribution >= 4 is 23.5 Å². The van der Waals surface area contributed by atoms with E-state index in [9.17, 15) is 5.11 Å². The molecule has 1 fully saturated rings. The molecule has 7 heteroatoms. The summed E-state index contributed by atoms with van der Waals surface area (Å²) in [6.45, 7) is 4.05. The molecule has 3 atom stereocenters. The van der Waals surface area contributed by atoms with Crippen LogP contribution in [0.3, 0.4) is 0 Å². The molecule has 2 heterocycles. The van der Waals surface area contributed by atoms with Crippen molar-refractivity contribution in [1.29, 1.82) is 0 Å². The van der Waals surface area contributed by atoms with Crippen LogP contribution >= 0.6 is 23.5 Å². The summed E-state index contributed by atoms with van der Waals surface area (Å²) < 4.78 is 5.25. The molecule has 0 saturated carbocycles. The van der Waals surface area contributed by atoms with Gasteiger partial charge >= 0.3 is 0 Å². The van der Waals surface area contributed by atoms with Gasteiger partial charge in [-0.25, -0.2) is 0 Å². The van der Waals surface area contributed by atoms with Gasteiger partial charge in [-0.3, -0.25) is 0 Å². The average Bonchev–Trinajstić information content (AvgIpc) is 2.86. The lowest BCUT2D eigenvalue weighted by atomic mass is 10.0. The number of aliphatic hydroxyl groups is 1. The maximum absolute atomic E-state index is 9.93. The Labute approximate surface area is 122 Å². The van der Waals surface area contributed by atoms with Gasteiger partial charge in [0.15, 0.2) is 5.82 Å². The summed E-state index contributed by atoms with van der Waals surface area (Å²) in [5.41, 5.74) is 4.52. The Morgan fingerprint density at radius 1 is 1.47 bits per heavy atom. The second-order valence-electron chi connectivity index (χ2n) is 5.03. The molecule has 5 nitrogen and oxygen atoms in total. The van der Waals surface area contributed by atoms with Gasteiger partial charge in [0.1, 0.15) is 0 Å². The second-order valence-corrected chi connectivity index (χ2v) is 7.63. The molecule has 1 aromatic rings. The molecule has 108 valence electrons. The first-order valence-electron chi connectivity index (χ1n) is 6.54. The first kappa shape index (κ1) is 15.2. The Balaban J connectivity index is 2.07. The van der Waals surface area contributed by atoms with E-state index in [2.05, 4.69) is 17.1 Å². The molecule has 3 unspecified atom stereocenters. The van der Waals surface area contributed by atoms with Crippen molar-refractivity contribution in [3.8, 4) is 0 Å². The Morgan fingerprint density at radius 3 is 2.89 bits per heavy atom. The van der Waals surface area contributed by atoms with Gasteiger partial charge in [0, 0.05) is 23.3 Å². The molecule has 0 bridgehead atoms. The molecule has 19 heavy (non-hydrogen) atoms. The third-order valence-corrected chi connectivity index (χ3v) is 6.41. The molecule has 1 aliphatic rings. The molecule has 3 N–H and O–H groups in total. The lowest BCUT2D eigenvalue weighted by Gasteiger charge is -2.27. The molecule has 1 aliphatic heterocycles. The van der Waals surface area contributed by atoms with E-state index in [1.54, 1.807) is 6.92 Å². The highest BCUT2D eigenvalue weighted by Gasteiger charge is 2.31. The highest BCUT2D eigenvalue weighted by Crippen LogP contribution is 2.42. The zero-order valence-corrected chi connectivity index (χ0v) is 13.0. The molecular formula is C12H21N3O2S2. The fourth-order valence-electron chi connectivity index (χ4n) is 2.00. The van der Waals surface area contributed by atoms with E-state index in [1.165, 1.54) is 5.75 Å². The van der Waals surface area contributed by atoms with Crippen LogP contribution in [0.25, 0.3) is 0 Å². The molecular weight excluding hydrogens is 282 g/mol. The van der Waals surface area contributed by atoms with Crippen molar-refractivity contribution < 1.29 is 9.63 Å². The molecule has 0 spiro atoms. The van der Waals surface area contributed by atoms with E-state index in [0.717, 1.165) is 18.0 Å². The number of nitrogens with two attached hydrogens (primary N) is 1. The van der Waals surface area contributed by atoms with Crippen LogP contribution in [0.4, 0.5) is 0 Å². The Hall–Kier alpha value is -0.240. The topological polar surface area (TPSA) is 85.2 Å². The molecule has 0 aromatic carbocycles. The Morgan fingerprint density at radius 2 is 2.21 bits per heavy atom. The molecule has 1 saturated heterocycles. The van der Waals surface area contributed by atoms with Crippen LogP contribution in [-0.4, -0.2) is 44.1 Å². The number of thioether (sulfide) groups is 2. The minimum atomic E-state index is -0.984. The van der Waals surface area contributed by atoms with Crippen LogP contribution < -0.4 is 5.73 Å². The first-order chi connectivity index (χ1) is 9.05. The number of nitrogens with zero attached hydrogens (tertiary/aromatic N) is 2. The summed E-state index contributed by atoms with van der Waals surface area (Å²) in [4.78, 5) is 4.44. The quantitative estimate of drug-likeness (QED) is 0.855. The van der Waals surface area contributed by atoms with Crippen molar-refractivity contribution in [3.05, 3.63) is 11.7 Å². The van der Waals surface area contributed by atoms with E-state index < -0.39 is 5.60 Å². The zero-order chi connectivity index (χ0) is 13.9. The minimum Gasteiger partial charge on any atom is -0.388 e. The average molecular weight is 303 g/mol. The summed E-state index contributed by atoms with van der Waals surface area (Å²) in [6, 6.07) is 0. The molecule has 0 amide bonds. The van der Waals surface area contributed by atoms with E-state index in [-0.39, 0.29) is 6.54 Å². The molecule has 0 aliphatic carbocycles. The smallest absolute Gasteiger partial charge is 0.229 e. The van der Waals surface area contributed by atoms with Crippen molar-refractivity contribution in [2.75, 3.05) is 18.1 Å². The SMILES string of the molecule is CCC1SCCSC1c1noc(CC(C)(O)CN)n1. The number of hydrogen-bond donors (Lipinski definition) is 2. The summed E-state index contributed by atoms with van der Waals surface area (Å²) in [5.74, 6) is 3.53. The summed E-state index contributed by atoms with van der Waals surface area (Å²) in [5, 5.41) is 14.9. The summed E-state index contributed by atoms with van der Waals surface area (Å²) >= 11 is 3.87. The Kier molecular flexibility index (Phi) is 5.16. The second kappa shape index (κ2) is 6.47. The fourth-order valence-corrected chi connectivity index (χ4v) is 4.98. The highest BCUT2D eigenvalue weighted by atomic mass is 32.2. The van der Waals surface area contributed by atoms with Gasteiger partial charge in [0.25, 0.3) is 0 Å². The number of aromatic nitrogens is 2. The third-order valence-electron chi connectivity index (χ3n) is 3.16. The van der Waals surface area contributed by atoms with Crippen molar-refractivity contribution in [2.24, 2.45) is 5.73 Å². The van der Waals surface area contributed by atoms with E-state index in [0.29, 0.717) is 22.8 Å². The lowest BCUT2D eigenvalue weighted by molar-refractivity contribution is 0.0610. The normalized spacial score (nSPS) is 27.2. The molecule has 1 aromatic heterocycles. The van der Waals surface area contributed by atoms with Gasteiger partial charge in [-0.05, 0) is 13.3 Å². The third kappa shape index (κ3) is 3.87. The fraction of sp³-hybridized carbons (Fsp3) is 0.833. The van der Waals surface area contributed by atoms with Crippen LogP contribution in [0, 0.1) is 0 Å². The predicted molar refractivity (Wildman–Crippen MR) is 79.4 cm³/mol. The summed E-state index contributed by atoms with van der Waals surface area (Å²) in [6.07, 6.45) is 1.41. The standard InChI is InChI=1S/C12H21N3O2S2/c1-3-8-10(19-5-4-18-8)11-14-9(17-15-11)6-12(2,16)7-13/h8,10,16H,3-7,13H2,1-2H3. The zero-order valence-electron chi connectivity index (χ0n) is 11.3. The molecule has 0 radical (unpaired) electrons. The largest absolute Gasteiger partial charge is 0.388 e. The maximum atomic E-state index is 9.93. The van der Waals surface area contributed by atoms with Crippen molar-refractivity contribution in [1.82, 2.24) is 10.1 Å². The number of rotatable bonds is 5. The van der Waals surface area contributed by atoms with Crippen LogP contribution in [-0.2, 0) is 6.42 Å². The van der Waals surface area contributed by atoms with Crippen LogP contribution in [0.15, 0.2) is 4.52 Å². The van der Waals surface area contributed by atoms with Gasteiger partial charge < -0.3 is 15.4 Å². The van der Waals surface area contributed by atoms with Crippen LogP contribution in [0.5, 0.6) is 0 Å². The maximum Gasteiger partial charge on any atom is 0.229 e. The van der Waals surface area contributed by atoms with Crippen molar-refractivity contribution in [2.45, 2.75) is 42.8 Å². The number of hydrogen-bond acceptors (Lipinski definition) is 7. The monoisotopic (exact) mass is 303 g/mol. The highest BCUT2D eigenvalue weighted by molar-refractivity contribution is 8.06. The van der Waals surface area contributed by atoms with Gasteiger partial charge in [-0.2, -0.15) is 16.7 Å². The van der Waals surface area contributed by atoms with Gasteiger partial charge in [-0.15, -0.1) is 11.8 Å². The van der Waals surface area contributed by atoms with Crippen LogP contribution in [0.2, 0.25) is 0 Å². The Bertz CT molecular complexity index is 411. The van der Waals surface area contributed by atoms with Gasteiger partial charge in [0.2, 0.25) is 5.89 Å². The van der Waals surface area contributed by atoms with Crippen LogP contribution in [0.1, 0.15) is 37.2 Å². The lowest BCUT2D eigenvalue weighted by Crippen LogP contribution is -2.36.